The minimum atomic E-state index is 0.0247. The van der Waals surface area contributed by atoms with Crippen molar-refractivity contribution in [3.8, 4) is 34.1 Å². The van der Waals surface area contributed by atoms with Crippen LogP contribution in [0.4, 0.5) is 0 Å². The summed E-state index contributed by atoms with van der Waals surface area (Å²) in [6.45, 7) is 6.19. The van der Waals surface area contributed by atoms with Gasteiger partial charge in [-0.1, -0.05) is 12.1 Å². The van der Waals surface area contributed by atoms with E-state index in [2.05, 4.69) is 19.2 Å². The van der Waals surface area contributed by atoms with Crippen molar-refractivity contribution in [2.45, 2.75) is 39.3 Å². The van der Waals surface area contributed by atoms with E-state index >= 15 is 0 Å². The Hall–Kier alpha value is -2.92. The number of nitrogens with one attached hydrogen (secondary N) is 1. The van der Waals surface area contributed by atoms with Gasteiger partial charge < -0.3 is 25.0 Å². The zero-order chi connectivity index (χ0) is 20.9. The predicted molar refractivity (Wildman–Crippen MR) is 115 cm³/mol. The molecule has 3 N–H and O–H groups in total. The highest BCUT2D eigenvalue weighted by atomic mass is 16.5. The molecule has 1 heterocycles. The molecule has 0 aromatic heterocycles. The Labute approximate surface area is 170 Å². The highest BCUT2D eigenvalue weighted by Crippen LogP contribution is 2.49. The second-order valence-corrected chi connectivity index (χ2v) is 7.83. The lowest BCUT2D eigenvalue weighted by Crippen LogP contribution is -2.36. The molecule has 3 aromatic carbocycles. The van der Waals surface area contributed by atoms with Gasteiger partial charge in [-0.2, -0.15) is 0 Å². The summed E-state index contributed by atoms with van der Waals surface area (Å²) in [5.74, 6) is 1.68. The van der Waals surface area contributed by atoms with Crippen LogP contribution in [0.5, 0.6) is 23.0 Å². The smallest absolute Gasteiger partial charge is 0.130 e. The highest BCUT2D eigenvalue weighted by Gasteiger charge is 2.30. The van der Waals surface area contributed by atoms with E-state index in [9.17, 15) is 10.2 Å². The average molecular weight is 393 g/mol. The van der Waals surface area contributed by atoms with Crippen molar-refractivity contribution in [2.24, 2.45) is 0 Å². The van der Waals surface area contributed by atoms with Gasteiger partial charge in [0.05, 0.1) is 19.6 Å². The van der Waals surface area contributed by atoms with E-state index in [1.165, 1.54) is 0 Å². The fraction of sp³-hybridized carbons (Fsp3) is 0.333. The molecule has 0 spiro atoms. The zero-order valence-electron chi connectivity index (χ0n) is 17.5. The van der Waals surface area contributed by atoms with E-state index in [1.54, 1.807) is 26.4 Å². The van der Waals surface area contributed by atoms with Gasteiger partial charge in [-0.25, -0.2) is 0 Å². The molecular formula is C24H27NO4. The minimum Gasteiger partial charge on any atom is -0.507 e. The molecule has 5 nitrogen and oxygen atoms in total. The maximum Gasteiger partial charge on any atom is 0.130 e. The number of fused-ring (bicyclic) bond motifs is 2. The third kappa shape index (κ3) is 2.97. The summed E-state index contributed by atoms with van der Waals surface area (Å²) in [6, 6.07) is 9.52. The number of ether oxygens (including phenoxy) is 2. The summed E-state index contributed by atoms with van der Waals surface area (Å²) >= 11 is 0. The number of aromatic hydroxyl groups is 2. The standard InChI is InChI=1S/C24H27NO4/c1-12-9-17(26)23-15(7-6-8-19(23)28-4)21(12)24-16-10-13(2)25-14(3)22(16)18(27)11-20(24)29-5/h6-9,11,13-14,25-27H,10H2,1-5H3/t13-,14-/m0/s1. The van der Waals surface area contributed by atoms with Crippen LogP contribution in [0.25, 0.3) is 21.9 Å². The molecule has 0 saturated heterocycles. The maximum absolute atomic E-state index is 10.7. The van der Waals surface area contributed by atoms with Gasteiger partial charge in [0.15, 0.2) is 0 Å². The molecule has 0 aliphatic carbocycles. The van der Waals surface area contributed by atoms with Gasteiger partial charge in [-0.3, -0.25) is 0 Å². The highest BCUT2D eigenvalue weighted by molar-refractivity contribution is 6.06. The quantitative estimate of drug-likeness (QED) is 0.594. The minimum absolute atomic E-state index is 0.0247. The summed E-state index contributed by atoms with van der Waals surface area (Å²) in [6.07, 6.45) is 0.769. The van der Waals surface area contributed by atoms with Crippen molar-refractivity contribution in [1.29, 1.82) is 0 Å². The first kappa shape index (κ1) is 19.4. The fourth-order valence-corrected chi connectivity index (χ4v) is 4.79. The molecule has 152 valence electrons. The SMILES string of the molecule is COc1cc(O)c2c(c1-c1c(C)cc(O)c3c(OC)cccc13)C[C@H](C)N[C@H]2C. The van der Waals surface area contributed by atoms with Crippen LogP contribution in [-0.4, -0.2) is 30.5 Å². The number of aryl methyl sites for hydroxylation is 1. The van der Waals surface area contributed by atoms with Crippen molar-refractivity contribution in [1.82, 2.24) is 5.32 Å². The lowest BCUT2D eigenvalue weighted by Gasteiger charge is -2.33. The number of methoxy groups -OCH3 is 2. The van der Waals surface area contributed by atoms with Gasteiger partial charge in [0, 0.05) is 29.3 Å². The summed E-state index contributed by atoms with van der Waals surface area (Å²) in [5, 5.41) is 26.5. The molecule has 1 aliphatic heterocycles. The van der Waals surface area contributed by atoms with Gasteiger partial charge in [0.2, 0.25) is 0 Å². The Morgan fingerprint density at radius 3 is 2.38 bits per heavy atom. The number of benzene rings is 3. The molecule has 2 atom stereocenters. The van der Waals surface area contributed by atoms with Gasteiger partial charge in [0.25, 0.3) is 0 Å². The van der Waals surface area contributed by atoms with E-state index < -0.39 is 0 Å². The first-order valence-corrected chi connectivity index (χ1v) is 9.85. The van der Waals surface area contributed by atoms with E-state index in [-0.39, 0.29) is 23.6 Å². The average Bonchev–Trinajstić information content (AvgIpc) is 2.67. The van der Waals surface area contributed by atoms with Crippen molar-refractivity contribution in [3.63, 3.8) is 0 Å². The number of phenolic OH excluding ortho intramolecular Hbond substituents is 2. The second kappa shape index (κ2) is 7.16. The van der Waals surface area contributed by atoms with Crippen LogP contribution in [0.15, 0.2) is 30.3 Å². The number of hydrogen-bond donors (Lipinski definition) is 3. The van der Waals surface area contributed by atoms with E-state index in [0.29, 0.717) is 16.9 Å². The Morgan fingerprint density at radius 1 is 0.966 bits per heavy atom. The van der Waals surface area contributed by atoms with Gasteiger partial charge in [-0.15, -0.1) is 0 Å². The van der Waals surface area contributed by atoms with Crippen molar-refractivity contribution in [3.05, 3.63) is 47.0 Å². The van der Waals surface area contributed by atoms with E-state index in [1.807, 2.05) is 25.1 Å². The van der Waals surface area contributed by atoms with Crippen LogP contribution in [0.3, 0.4) is 0 Å². The van der Waals surface area contributed by atoms with Crippen LogP contribution in [0.1, 0.15) is 36.6 Å². The third-order valence-corrected chi connectivity index (χ3v) is 5.88. The molecular weight excluding hydrogens is 366 g/mol. The van der Waals surface area contributed by atoms with E-state index in [4.69, 9.17) is 9.47 Å². The summed E-state index contributed by atoms with van der Waals surface area (Å²) in [7, 11) is 3.23. The Bertz CT molecular complexity index is 1110. The largest absolute Gasteiger partial charge is 0.507 e. The normalized spacial score (nSPS) is 18.5. The lowest BCUT2D eigenvalue weighted by atomic mass is 9.81. The number of phenols is 2. The summed E-state index contributed by atoms with van der Waals surface area (Å²) in [4.78, 5) is 0. The molecule has 0 fully saturated rings. The van der Waals surface area contributed by atoms with Gasteiger partial charge >= 0.3 is 0 Å². The summed E-state index contributed by atoms with van der Waals surface area (Å²) < 4.78 is 11.3. The third-order valence-electron chi connectivity index (χ3n) is 5.88. The first-order chi connectivity index (χ1) is 13.9. The van der Waals surface area contributed by atoms with E-state index in [0.717, 1.165) is 39.6 Å². The number of hydrogen-bond acceptors (Lipinski definition) is 5. The summed E-state index contributed by atoms with van der Waals surface area (Å²) in [5.41, 5.74) is 4.89. The van der Waals surface area contributed by atoms with Crippen molar-refractivity contribution < 1.29 is 19.7 Å². The monoisotopic (exact) mass is 393 g/mol. The van der Waals surface area contributed by atoms with Crippen LogP contribution < -0.4 is 14.8 Å². The molecule has 0 bridgehead atoms. The Morgan fingerprint density at radius 2 is 1.69 bits per heavy atom. The fourth-order valence-electron chi connectivity index (χ4n) is 4.79. The van der Waals surface area contributed by atoms with Gasteiger partial charge in [-0.05, 0) is 61.4 Å². The van der Waals surface area contributed by atoms with Crippen LogP contribution in [0.2, 0.25) is 0 Å². The Balaban J connectivity index is 2.17. The molecule has 0 amide bonds. The van der Waals surface area contributed by atoms with Gasteiger partial charge in [0.1, 0.15) is 23.0 Å². The van der Waals surface area contributed by atoms with Crippen molar-refractivity contribution >= 4 is 10.8 Å². The van der Waals surface area contributed by atoms with Crippen LogP contribution in [-0.2, 0) is 6.42 Å². The molecule has 0 saturated carbocycles. The molecule has 4 rings (SSSR count). The first-order valence-electron chi connectivity index (χ1n) is 9.85. The molecule has 0 radical (unpaired) electrons. The number of rotatable bonds is 3. The van der Waals surface area contributed by atoms with Crippen molar-refractivity contribution in [2.75, 3.05) is 14.2 Å². The van der Waals surface area contributed by atoms with Crippen LogP contribution >= 0.6 is 0 Å². The molecule has 29 heavy (non-hydrogen) atoms. The van der Waals surface area contributed by atoms with Crippen LogP contribution in [0, 0.1) is 6.92 Å². The molecule has 0 unspecified atom stereocenters. The molecule has 1 aliphatic rings. The topological polar surface area (TPSA) is 71.0 Å². The molecule has 3 aromatic rings. The zero-order valence-corrected chi connectivity index (χ0v) is 17.5. The maximum atomic E-state index is 10.7. The Kier molecular flexibility index (Phi) is 4.79. The second-order valence-electron chi connectivity index (χ2n) is 7.83. The lowest BCUT2D eigenvalue weighted by molar-refractivity contribution is 0.389. The predicted octanol–water partition coefficient (Wildman–Crippen LogP) is 4.84. The molecule has 5 heteroatoms.